The molecule has 0 aliphatic carbocycles. The summed E-state index contributed by atoms with van der Waals surface area (Å²) in [5.41, 5.74) is 5.13. The van der Waals surface area contributed by atoms with Gasteiger partial charge in [-0.3, -0.25) is 0 Å². The lowest BCUT2D eigenvalue weighted by molar-refractivity contribution is 0.994. The van der Waals surface area contributed by atoms with Crippen LogP contribution in [-0.2, 0) is 0 Å². The maximum absolute atomic E-state index is 3.59. The van der Waals surface area contributed by atoms with Crippen LogP contribution in [0, 0.1) is 0 Å². The van der Waals surface area contributed by atoms with Crippen molar-refractivity contribution in [3.05, 3.63) is 100 Å². The minimum atomic E-state index is 0.249. The Morgan fingerprint density at radius 3 is 2.59 bits per heavy atom. The van der Waals surface area contributed by atoms with Crippen LogP contribution in [0.5, 0.6) is 0 Å². The van der Waals surface area contributed by atoms with Crippen LogP contribution in [-0.4, -0.2) is 4.98 Å². The molecule has 0 aliphatic heterocycles. The van der Waals surface area contributed by atoms with E-state index in [1.165, 1.54) is 27.6 Å². The van der Waals surface area contributed by atoms with Crippen LogP contribution in [0.4, 0.5) is 0 Å². The third-order valence-corrected chi connectivity index (χ3v) is 4.63. The molecule has 2 heteroatoms. The SMILES string of the molecule is Brc1ccc2[nH]cc(C(c3ccccc3)c3cc[cH-]c3)c2c1. The van der Waals surface area contributed by atoms with Gasteiger partial charge in [0.1, 0.15) is 0 Å². The van der Waals surface area contributed by atoms with Gasteiger partial charge in [-0.25, -0.2) is 6.07 Å². The number of halogens is 1. The van der Waals surface area contributed by atoms with Crippen molar-refractivity contribution in [2.45, 2.75) is 5.92 Å². The van der Waals surface area contributed by atoms with Crippen LogP contribution in [0.1, 0.15) is 22.6 Å². The van der Waals surface area contributed by atoms with Crippen molar-refractivity contribution in [1.82, 2.24) is 4.98 Å². The van der Waals surface area contributed by atoms with E-state index in [-0.39, 0.29) is 5.92 Å². The summed E-state index contributed by atoms with van der Waals surface area (Å²) in [7, 11) is 0. The Bertz CT molecular complexity index is 888. The minimum absolute atomic E-state index is 0.249. The summed E-state index contributed by atoms with van der Waals surface area (Å²) in [4.78, 5) is 3.41. The molecule has 1 N–H and O–H groups in total. The van der Waals surface area contributed by atoms with E-state index in [0.29, 0.717) is 0 Å². The highest BCUT2D eigenvalue weighted by Crippen LogP contribution is 2.37. The molecule has 4 aromatic rings. The fraction of sp³-hybridized carbons (Fsp3) is 0.0500. The summed E-state index contributed by atoms with van der Waals surface area (Å²) < 4.78 is 1.11. The van der Waals surface area contributed by atoms with Crippen LogP contribution in [0.25, 0.3) is 10.9 Å². The van der Waals surface area contributed by atoms with E-state index in [1.54, 1.807) is 0 Å². The number of H-pyrrole nitrogens is 1. The third kappa shape index (κ3) is 2.30. The van der Waals surface area contributed by atoms with Crippen LogP contribution in [0.3, 0.4) is 0 Å². The van der Waals surface area contributed by atoms with Crippen molar-refractivity contribution in [3.8, 4) is 0 Å². The van der Waals surface area contributed by atoms with E-state index in [2.05, 4.69) is 99.9 Å². The zero-order chi connectivity index (χ0) is 14.9. The highest BCUT2D eigenvalue weighted by molar-refractivity contribution is 9.10. The van der Waals surface area contributed by atoms with Crippen LogP contribution >= 0.6 is 15.9 Å². The van der Waals surface area contributed by atoms with Crippen molar-refractivity contribution < 1.29 is 0 Å². The van der Waals surface area contributed by atoms with Gasteiger partial charge in [-0.15, -0.1) is 0 Å². The third-order valence-electron chi connectivity index (χ3n) is 4.14. The molecule has 1 heterocycles. The van der Waals surface area contributed by atoms with Gasteiger partial charge in [0.25, 0.3) is 0 Å². The number of aromatic amines is 1. The summed E-state index contributed by atoms with van der Waals surface area (Å²) in [5.74, 6) is 0.249. The summed E-state index contributed by atoms with van der Waals surface area (Å²) in [6, 6.07) is 25.7. The second-order valence-corrected chi connectivity index (χ2v) is 6.41. The molecule has 0 bridgehead atoms. The quantitative estimate of drug-likeness (QED) is 0.448. The molecule has 0 aliphatic rings. The lowest BCUT2D eigenvalue weighted by Crippen LogP contribution is -2.01. The number of hydrogen-bond acceptors (Lipinski definition) is 0. The second kappa shape index (κ2) is 5.54. The number of benzene rings is 2. The molecule has 4 rings (SSSR count). The first-order valence-electron chi connectivity index (χ1n) is 7.36. The average molecular weight is 349 g/mol. The molecule has 0 fully saturated rings. The predicted molar refractivity (Wildman–Crippen MR) is 95.4 cm³/mol. The molecule has 108 valence electrons. The zero-order valence-corrected chi connectivity index (χ0v) is 13.5. The molecule has 0 saturated carbocycles. The Morgan fingerprint density at radius 2 is 1.82 bits per heavy atom. The molecule has 0 spiro atoms. The van der Waals surface area contributed by atoms with E-state index < -0.39 is 0 Å². The molecule has 1 nitrogen and oxygen atoms in total. The summed E-state index contributed by atoms with van der Waals surface area (Å²) in [5, 5.41) is 1.27. The minimum Gasteiger partial charge on any atom is -0.361 e. The fourth-order valence-corrected chi connectivity index (χ4v) is 3.49. The number of rotatable bonds is 3. The Kier molecular flexibility index (Phi) is 3.39. The first-order valence-corrected chi connectivity index (χ1v) is 8.15. The topological polar surface area (TPSA) is 15.8 Å². The van der Waals surface area contributed by atoms with Crippen molar-refractivity contribution >= 4 is 26.8 Å². The van der Waals surface area contributed by atoms with Gasteiger partial charge in [-0.2, -0.15) is 23.8 Å². The number of hydrogen-bond donors (Lipinski definition) is 1. The molecular weight excluding hydrogens is 334 g/mol. The first-order chi connectivity index (χ1) is 10.8. The Morgan fingerprint density at radius 1 is 0.955 bits per heavy atom. The lowest BCUT2D eigenvalue weighted by Gasteiger charge is -2.22. The summed E-state index contributed by atoms with van der Waals surface area (Å²) in [6.45, 7) is 0. The van der Waals surface area contributed by atoms with E-state index in [1.807, 2.05) is 0 Å². The molecule has 0 saturated heterocycles. The molecule has 22 heavy (non-hydrogen) atoms. The average Bonchev–Trinajstić information content (AvgIpc) is 3.20. The van der Waals surface area contributed by atoms with E-state index in [0.717, 1.165) is 4.47 Å². The summed E-state index contributed by atoms with van der Waals surface area (Å²) >= 11 is 3.59. The van der Waals surface area contributed by atoms with Crippen molar-refractivity contribution in [2.24, 2.45) is 0 Å². The van der Waals surface area contributed by atoms with Crippen LogP contribution in [0.2, 0.25) is 0 Å². The van der Waals surface area contributed by atoms with Crippen LogP contribution < -0.4 is 0 Å². The highest BCUT2D eigenvalue weighted by Gasteiger charge is 2.16. The normalized spacial score (nSPS) is 12.6. The highest BCUT2D eigenvalue weighted by atomic mass is 79.9. The van der Waals surface area contributed by atoms with Crippen molar-refractivity contribution in [1.29, 1.82) is 0 Å². The number of nitrogens with one attached hydrogen (secondary N) is 1. The first kappa shape index (κ1) is 13.5. The van der Waals surface area contributed by atoms with Gasteiger partial charge in [0.05, 0.1) is 0 Å². The van der Waals surface area contributed by atoms with Crippen molar-refractivity contribution in [2.75, 3.05) is 0 Å². The van der Waals surface area contributed by atoms with E-state index >= 15 is 0 Å². The fourth-order valence-electron chi connectivity index (χ4n) is 3.13. The molecule has 1 aromatic heterocycles. The molecule has 0 amide bonds. The smallest absolute Gasteiger partial charge is 0.0457 e. The summed E-state index contributed by atoms with van der Waals surface area (Å²) in [6.07, 6.45) is 2.14. The maximum Gasteiger partial charge on any atom is 0.0457 e. The zero-order valence-electron chi connectivity index (χ0n) is 12.0. The van der Waals surface area contributed by atoms with Gasteiger partial charge >= 0.3 is 0 Å². The van der Waals surface area contributed by atoms with E-state index in [4.69, 9.17) is 0 Å². The molecular formula is C20H15BrN-. The Hall–Kier alpha value is -2.19. The number of fused-ring (bicyclic) bond motifs is 1. The van der Waals surface area contributed by atoms with Gasteiger partial charge in [0.15, 0.2) is 0 Å². The van der Waals surface area contributed by atoms with Gasteiger partial charge in [0, 0.05) is 21.6 Å². The molecule has 0 radical (unpaired) electrons. The van der Waals surface area contributed by atoms with Crippen LogP contribution in [0.15, 0.2) is 83.5 Å². The van der Waals surface area contributed by atoms with E-state index in [9.17, 15) is 0 Å². The van der Waals surface area contributed by atoms with Gasteiger partial charge in [-0.05, 0) is 35.2 Å². The largest absolute Gasteiger partial charge is 0.361 e. The molecule has 1 unspecified atom stereocenters. The number of aromatic nitrogens is 1. The Balaban J connectivity index is 1.96. The maximum atomic E-state index is 3.59. The lowest BCUT2D eigenvalue weighted by atomic mass is 9.86. The van der Waals surface area contributed by atoms with Gasteiger partial charge in [-0.1, -0.05) is 46.3 Å². The predicted octanol–water partition coefficient (Wildman–Crippen LogP) is 5.83. The van der Waals surface area contributed by atoms with Gasteiger partial charge in [0.2, 0.25) is 0 Å². The monoisotopic (exact) mass is 348 g/mol. The standard InChI is InChI=1S/C20H15BrN/c21-16-10-11-19-17(12-16)18(13-22-19)20(15-8-4-5-9-15)14-6-2-1-3-7-14/h1-13,20,22H/q-1. The molecule has 1 atom stereocenters. The van der Waals surface area contributed by atoms with Gasteiger partial charge < -0.3 is 4.98 Å². The Labute approximate surface area is 138 Å². The van der Waals surface area contributed by atoms with Crippen molar-refractivity contribution in [3.63, 3.8) is 0 Å². The second-order valence-electron chi connectivity index (χ2n) is 5.50. The molecule has 3 aromatic carbocycles.